The highest BCUT2D eigenvalue weighted by Gasteiger charge is 2.16. The summed E-state index contributed by atoms with van der Waals surface area (Å²) >= 11 is 1.58. The van der Waals surface area contributed by atoms with E-state index in [0.717, 1.165) is 4.90 Å². The lowest BCUT2D eigenvalue weighted by Gasteiger charge is -2.11. The van der Waals surface area contributed by atoms with Crippen LogP contribution in [0.2, 0.25) is 0 Å². The number of carbonyl (C=O) groups is 3. The normalized spacial score (nSPS) is 12.9. The summed E-state index contributed by atoms with van der Waals surface area (Å²) in [6.07, 6.45) is 3.52. The lowest BCUT2D eigenvalue weighted by molar-refractivity contribution is -0.115. The van der Waals surface area contributed by atoms with Gasteiger partial charge in [0.1, 0.15) is 0 Å². The number of carbonyl (C=O) groups excluding carboxylic acids is 3. The fraction of sp³-hybridized carbons (Fsp3) is 0.0909. The van der Waals surface area contributed by atoms with Crippen molar-refractivity contribution in [2.75, 3.05) is 21.7 Å². The second kappa shape index (κ2) is 8.79. The second-order valence-corrected chi connectivity index (χ2v) is 7.73. The Kier molecular flexibility index (Phi) is 5.76. The van der Waals surface area contributed by atoms with E-state index < -0.39 is 0 Å². The molecule has 4 rings (SSSR count). The number of anilines is 3. The Morgan fingerprint density at radius 2 is 1.70 bits per heavy atom. The molecule has 1 aliphatic heterocycles. The number of thioether (sulfide) groups is 1. The molecule has 8 heteroatoms. The number of rotatable bonds is 4. The Labute approximate surface area is 177 Å². The largest absolute Gasteiger partial charge is 0.325 e. The number of hydrogen-bond donors (Lipinski definition) is 3. The van der Waals surface area contributed by atoms with E-state index in [1.54, 1.807) is 66.5 Å². The number of pyridine rings is 1. The Hall–Kier alpha value is -3.65. The van der Waals surface area contributed by atoms with Crippen molar-refractivity contribution in [3.05, 3.63) is 78.1 Å². The van der Waals surface area contributed by atoms with Crippen LogP contribution in [-0.2, 0) is 4.79 Å². The van der Waals surface area contributed by atoms with Gasteiger partial charge >= 0.3 is 0 Å². The Bertz CT molecular complexity index is 1120. The number of fused-ring (bicyclic) bond motifs is 1. The fourth-order valence-corrected chi connectivity index (χ4v) is 3.88. The first-order chi connectivity index (χ1) is 14.6. The number of nitrogens with one attached hydrogen (secondary N) is 3. The average molecular weight is 418 g/mol. The molecule has 30 heavy (non-hydrogen) atoms. The first-order valence-corrected chi connectivity index (χ1v) is 10.3. The van der Waals surface area contributed by atoms with Crippen LogP contribution < -0.4 is 16.0 Å². The molecule has 0 aliphatic carbocycles. The second-order valence-electron chi connectivity index (χ2n) is 6.59. The summed E-state index contributed by atoms with van der Waals surface area (Å²) in [6, 6.07) is 15.5. The van der Waals surface area contributed by atoms with Crippen molar-refractivity contribution in [2.45, 2.75) is 11.3 Å². The number of nitrogens with zero attached hydrogens (tertiary/aromatic N) is 1. The minimum absolute atomic E-state index is 0.0594. The van der Waals surface area contributed by atoms with E-state index in [2.05, 4.69) is 20.9 Å². The molecule has 1 aromatic heterocycles. The zero-order valence-corrected chi connectivity index (χ0v) is 16.7. The van der Waals surface area contributed by atoms with Crippen molar-refractivity contribution in [1.29, 1.82) is 0 Å². The molecule has 0 fully saturated rings. The molecule has 1 aliphatic rings. The molecule has 0 spiro atoms. The topological polar surface area (TPSA) is 100 Å². The third kappa shape index (κ3) is 4.66. The highest BCUT2D eigenvalue weighted by molar-refractivity contribution is 7.99. The molecular weight excluding hydrogens is 400 g/mol. The van der Waals surface area contributed by atoms with E-state index in [4.69, 9.17) is 0 Å². The van der Waals surface area contributed by atoms with Crippen molar-refractivity contribution in [3.63, 3.8) is 0 Å². The van der Waals surface area contributed by atoms with Crippen LogP contribution in [-0.4, -0.2) is 28.5 Å². The van der Waals surface area contributed by atoms with Crippen LogP contribution in [0.15, 0.2) is 71.9 Å². The van der Waals surface area contributed by atoms with E-state index in [-0.39, 0.29) is 17.7 Å². The van der Waals surface area contributed by atoms with E-state index in [1.165, 1.54) is 6.20 Å². The average Bonchev–Trinajstić information content (AvgIpc) is 2.94. The van der Waals surface area contributed by atoms with Crippen LogP contribution in [0.1, 0.15) is 27.1 Å². The van der Waals surface area contributed by atoms with E-state index in [1.807, 2.05) is 6.07 Å². The molecule has 0 atom stereocenters. The summed E-state index contributed by atoms with van der Waals surface area (Å²) in [6.45, 7) is 0. The van der Waals surface area contributed by atoms with Crippen LogP contribution in [0.5, 0.6) is 0 Å². The molecule has 0 saturated heterocycles. The first-order valence-electron chi connectivity index (χ1n) is 9.28. The first kappa shape index (κ1) is 19.7. The van der Waals surface area contributed by atoms with Crippen molar-refractivity contribution in [3.8, 4) is 0 Å². The van der Waals surface area contributed by atoms with Gasteiger partial charge in [-0.3, -0.25) is 19.4 Å². The highest BCUT2D eigenvalue weighted by atomic mass is 32.2. The number of amides is 3. The third-order valence-electron chi connectivity index (χ3n) is 4.40. The van der Waals surface area contributed by atoms with Crippen LogP contribution in [0.25, 0.3) is 0 Å². The summed E-state index contributed by atoms with van der Waals surface area (Å²) in [5, 5.41) is 8.44. The fourth-order valence-electron chi connectivity index (χ4n) is 2.94. The Balaban J connectivity index is 1.47. The van der Waals surface area contributed by atoms with Crippen molar-refractivity contribution in [2.24, 2.45) is 0 Å². The van der Waals surface area contributed by atoms with Crippen LogP contribution in [0.4, 0.5) is 17.1 Å². The summed E-state index contributed by atoms with van der Waals surface area (Å²) in [5.74, 6) is 0.0561. The number of benzene rings is 2. The van der Waals surface area contributed by atoms with Gasteiger partial charge in [0.05, 0.1) is 11.3 Å². The molecule has 7 nitrogen and oxygen atoms in total. The van der Waals surface area contributed by atoms with Crippen molar-refractivity contribution < 1.29 is 14.4 Å². The number of aromatic nitrogens is 1. The summed E-state index contributed by atoms with van der Waals surface area (Å²) < 4.78 is 0. The maximum atomic E-state index is 12.7. The lowest BCUT2D eigenvalue weighted by Crippen LogP contribution is -2.15. The van der Waals surface area contributed by atoms with Crippen LogP contribution >= 0.6 is 11.8 Å². The van der Waals surface area contributed by atoms with Gasteiger partial charge in [-0.15, -0.1) is 11.8 Å². The Morgan fingerprint density at radius 1 is 0.933 bits per heavy atom. The molecule has 2 aromatic carbocycles. The smallest absolute Gasteiger partial charge is 0.257 e. The van der Waals surface area contributed by atoms with Gasteiger partial charge in [-0.05, 0) is 48.5 Å². The molecule has 0 saturated carbocycles. The van der Waals surface area contributed by atoms with Gasteiger partial charge in [0.15, 0.2) is 0 Å². The van der Waals surface area contributed by atoms with E-state index in [9.17, 15) is 14.4 Å². The molecule has 3 N–H and O–H groups in total. The van der Waals surface area contributed by atoms with Gasteiger partial charge in [-0.1, -0.05) is 6.07 Å². The summed E-state index contributed by atoms with van der Waals surface area (Å²) in [5.41, 5.74) is 2.61. The summed E-state index contributed by atoms with van der Waals surface area (Å²) in [4.78, 5) is 41.6. The molecule has 3 aromatic rings. The third-order valence-corrected chi connectivity index (χ3v) is 5.48. The van der Waals surface area contributed by atoms with Gasteiger partial charge < -0.3 is 16.0 Å². The molecule has 0 bridgehead atoms. The maximum Gasteiger partial charge on any atom is 0.257 e. The van der Waals surface area contributed by atoms with Crippen molar-refractivity contribution in [1.82, 2.24) is 4.98 Å². The molecule has 3 amide bonds. The van der Waals surface area contributed by atoms with Gasteiger partial charge in [0.2, 0.25) is 5.91 Å². The SMILES string of the molecule is O=C1CCSc2ccc(C(=O)Nc3cccc(NC(=O)c4cccnc4)c3)cc2N1. The number of hydrogen-bond acceptors (Lipinski definition) is 5. The van der Waals surface area contributed by atoms with Gasteiger partial charge in [0, 0.05) is 46.4 Å². The Morgan fingerprint density at radius 3 is 2.43 bits per heavy atom. The maximum absolute atomic E-state index is 12.7. The van der Waals surface area contributed by atoms with Crippen LogP contribution in [0.3, 0.4) is 0 Å². The summed E-state index contributed by atoms with van der Waals surface area (Å²) in [7, 11) is 0. The van der Waals surface area contributed by atoms with E-state index in [0.29, 0.717) is 40.4 Å². The standard InChI is InChI=1S/C22H18N4O3S/c27-20-8-10-30-19-7-6-14(11-18(19)26-20)21(28)24-16-4-1-5-17(12-16)25-22(29)15-3-2-9-23-13-15/h1-7,9,11-13H,8,10H2,(H,24,28)(H,25,29)(H,26,27). The van der Waals surface area contributed by atoms with Crippen molar-refractivity contribution >= 4 is 46.5 Å². The molecule has 0 unspecified atom stereocenters. The monoisotopic (exact) mass is 418 g/mol. The molecular formula is C22H18N4O3S. The van der Waals surface area contributed by atoms with Gasteiger partial charge in [-0.25, -0.2) is 0 Å². The minimum Gasteiger partial charge on any atom is -0.325 e. The minimum atomic E-state index is -0.308. The zero-order chi connectivity index (χ0) is 20.9. The molecule has 0 radical (unpaired) electrons. The van der Waals surface area contributed by atoms with E-state index >= 15 is 0 Å². The lowest BCUT2D eigenvalue weighted by atomic mass is 10.1. The van der Waals surface area contributed by atoms with Gasteiger partial charge in [0.25, 0.3) is 11.8 Å². The molecule has 2 heterocycles. The zero-order valence-electron chi connectivity index (χ0n) is 15.8. The quantitative estimate of drug-likeness (QED) is 0.594. The highest BCUT2D eigenvalue weighted by Crippen LogP contribution is 2.31. The predicted molar refractivity (Wildman–Crippen MR) is 117 cm³/mol. The van der Waals surface area contributed by atoms with Gasteiger partial charge in [-0.2, -0.15) is 0 Å². The van der Waals surface area contributed by atoms with Crippen LogP contribution in [0, 0.1) is 0 Å². The molecule has 150 valence electrons. The predicted octanol–water partition coefficient (Wildman–Crippen LogP) is 4.02.